The molecule has 4 heteroatoms. The fraction of sp³-hybridized carbons (Fsp3) is 0.300. The molecule has 1 aromatic rings. The average Bonchev–Trinajstić information content (AvgIpc) is 2.69. The molecule has 14 heavy (non-hydrogen) atoms. The van der Waals surface area contributed by atoms with Gasteiger partial charge in [-0.05, 0) is 18.6 Å². The van der Waals surface area contributed by atoms with E-state index in [0.717, 1.165) is 11.8 Å². The van der Waals surface area contributed by atoms with Gasteiger partial charge in [0.05, 0.1) is 18.4 Å². The van der Waals surface area contributed by atoms with E-state index in [1.807, 2.05) is 0 Å². The molecular formula is C10H11BrO3. The summed E-state index contributed by atoms with van der Waals surface area (Å²) in [7, 11) is 0. The van der Waals surface area contributed by atoms with Crippen LogP contribution < -0.4 is 0 Å². The van der Waals surface area contributed by atoms with E-state index < -0.39 is 5.97 Å². The smallest absolute Gasteiger partial charge is 0.341 e. The Morgan fingerprint density at radius 2 is 2.43 bits per heavy atom. The molecule has 0 N–H and O–H groups in total. The van der Waals surface area contributed by atoms with Gasteiger partial charge in [0.25, 0.3) is 0 Å². The van der Waals surface area contributed by atoms with Crippen LogP contribution in [0, 0.1) is 0 Å². The van der Waals surface area contributed by atoms with Crippen molar-refractivity contribution in [2.75, 3.05) is 11.9 Å². The number of alkyl halides is 1. The van der Waals surface area contributed by atoms with Crippen molar-refractivity contribution in [1.82, 2.24) is 0 Å². The van der Waals surface area contributed by atoms with Crippen molar-refractivity contribution in [3.05, 3.63) is 30.7 Å². The summed E-state index contributed by atoms with van der Waals surface area (Å²) in [4.78, 5) is 11.3. The highest BCUT2D eigenvalue weighted by Crippen LogP contribution is 2.14. The molecule has 0 spiro atoms. The highest BCUT2D eigenvalue weighted by molar-refractivity contribution is 9.09. The highest BCUT2D eigenvalue weighted by atomic mass is 79.9. The van der Waals surface area contributed by atoms with E-state index in [0.29, 0.717) is 12.4 Å². The molecule has 1 aromatic heterocycles. The molecule has 1 rings (SSSR count). The number of halogens is 1. The fourth-order valence-corrected chi connectivity index (χ4v) is 1.09. The first kappa shape index (κ1) is 11.0. The standard InChI is InChI=1S/C10H11BrO3/c1-8(9-4-2-6-13-9)10(12)14-7-3-5-11/h2,4,6H,1,3,5,7H2. The summed E-state index contributed by atoms with van der Waals surface area (Å²) >= 11 is 3.24. The van der Waals surface area contributed by atoms with Gasteiger partial charge in [-0.1, -0.05) is 22.5 Å². The molecular weight excluding hydrogens is 248 g/mol. The van der Waals surface area contributed by atoms with Gasteiger partial charge < -0.3 is 9.15 Å². The second-order valence-corrected chi connectivity index (χ2v) is 3.43. The molecule has 0 saturated carbocycles. The molecule has 0 aliphatic rings. The minimum absolute atomic E-state index is 0.254. The van der Waals surface area contributed by atoms with Gasteiger partial charge in [0.15, 0.2) is 0 Å². The van der Waals surface area contributed by atoms with E-state index in [9.17, 15) is 4.79 Å². The summed E-state index contributed by atoms with van der Waals surface area (Å²) in [6, 6.07) is 3.38. The summed E-state index contributed by atoms with van der Waals surface area (Å²) in [5.74, 6) is 0.0229. The lowest BCUT2D eigenvalue weighted by Crippen LogP contribution is -2.07. The quantitative estimate of drug-likeness (QED) is 0.353. The topological polar surface area (TPSA) is 39.4 Å². The van der Waals surface area contributed by atoms with E-state index in [2.05, 4.69) is 22.5 Å². The van der Waals surface area contributed by atoms with Crippen LogP contribution in [0.25, 0.3) is 5.57 Å². The van der Waals surface area contributed by atoms with Gasteiger partial charge in [0, 0.05) is 5.33 Å². The second-order valence-electron chi connectivity index (χ2n) is 2.63. The summed E-state index contributed by atoms with van der Waals surface area (Å²) in [6.07, 6.45) is 2.28. The number of ether oxygens (including phenoxy) is 1. The summed E-state index contributed by atoms with van der Waals surface area (Å²) in [5.41, 5.74) is 0.254. The van der Waals surface area contributed by atoms with Gasteiger partial charge in [-0.15, -0.1) is 0 Å². The Labute approximate surface area is 90.9 Å². The van der Waals surface area contributed by atoms with Crippen LogP contribution in [0.1, 0.15) is 12.2 Å². The molecule has 0 aromatic carbocycles. The summed E-state index contributed by atoms with van der Waals surface area (Å²) in [5, 5.41) is 0.813. The monoisotopic (exact) mass is 258 g/mol. The number of hydrogen-bond acceptors (Lipinski definition) is 3. The van der Waals surface area contributed by atoms with Gasteiger partial charge in [-0.3, -0.25) is 0 Å². The molecule has 0 atom stereocenters. The molecule has 0 fully saturated rings. The van der Waals surface area contributed by atoms with Crippen LogP contribution in [0.2, 0.25) is 0 Å². The zero-order chi connectivity index (χ0) is 10.4. The lowest BCUT2D eigenvalue weighted by atomic mass is 10.2. The Morgan fingerprint density at radius 1 is 1.64 bits per heavy atom. The predicted octanol–water partition coefficient (Wildman–Crippen LogP) is 2.62. The molecule has 0 bridgehead atoms. The van der Waals surface area contributed by atoms with Crippen LogP contribution in [0.4, 0.5) is 0 Å². The largest absolute Gasteiger partial charge is 0.464 e. The van der Waals surface area contributed by atoms with Crippen LogP contribution in [-0.4, -0.2) is 17.9 Å². The normalized spacial score (nSPS) is 9.79. The Balaban J connectivity index is 2.42. The van der Waals surface area contributed by atoms with Crippen LogP contribution in [0.15, 0.2) is 29.4 Å². The van der Waals surface area contributed by atoms with E-state index >= 15 is 0 Å². The van der Waals surface area contributed by atoms with Crippen LogP contribution in [0.3, 0.4) is 0 Å². The molecule has 0 aliphatic heterocycles. The van der Waals surface area contributed by atoms with Gasteiger partial charge in [0.1, 0.15) is 5.76 Å². The Bertz CT molecular complexity index is 303. The average molecular weight is 259 g/mol. The van der Waals surface area contributed by atoms with Crippen molar-refractivity contribution < 1.29 is 13.9 Å². The molecule has 0 unspecified atom stereocenters. The van der Waals surface area contributed by atoms with Crippen LogP contribution >= 0.6 is 15.9 Å². The number of rotatable bonds is 5. The zero-order valence-corrected chi connectivity index (χ0v) is 9.25. The van der Waals surface area contributed by atoms with Gasteiger partial charge in [-0.25, -0.2) is 4.79 Å². The fourth-order valence-electron chi connectivity index (χ4n) is 0.857. The Hall–Kier alpha value is -1.03. The Morgan fingerprint density at radius 3 is 3.00 bits per heavy atom. The molecule has 76 valence electrons. The third-order valence-electron chi connectivity index (χ3n) is 1.58. The van der Waals surface area contributed by atoms with Gasteiger partial charge in [-0.2, -0.15) is 0 Å². The molecule has 0 radical (unpaired) electrons. The second kappa shape index (κ2) is 5.65. The highest BCUT2D eigenvalue weighted by Gasteiger charge is 2.12. The van der Waals surface area contributed by atoms with Crippen molar-refractivity contribution in [2.45, 2.75) is 6.42 Å². The first-order chi connectivity index (χ1) is 6.75. The first-order valence-corrected chi connectivity index (χ1v) is 5.33. The van der Waals surface area contributed by atoms with Crippen molar-refractivity contribution >= 4 is 27.5 Å². The number of carbonyl (C=O) groups excluding carboxylic acids is 1. The van der Waals surface area contributed by atoms with Crippen LogP contribution in [0.5, 0.6) is 0 Å². The lowest BCUT2D eigenvalue weighted by molar-refractivity contribution is -0.136. The van der Waals surface area contributed by atoms with Gasteiger partial charge in [0.2, 0.25) is 0 Å². The summed E-state index contributed by atoms with van der Waals surface area (Å²) < 4.78 is 9.95. The van der Waals surface area contributed by atoms with E-state index in [1.165, 1.54) is 6.26 Å². The van der Waals surface area contributed by atoms with Crippen molar-refractivity contribution in [3.8, 4) is 0 Å². The molecule has 3 nitrogen and oxygen atoms in total. The third kappa shape index (κ3) is 3.03. The zero-order valence-electron chi connectivity index (χ0n) is 7.66. The molecule has 0 aliphatic carbocycles. The van der Waals surface area contributed by atoms with E-state index in [1.54, 1.807) is 12.1 Å². The number of hydrogen-bond donors (Lipinski definition) is 0. The number of furan rings is 1. The number of esters is 1. The maximum Gasteiger partial charge on any atom is 0.341 e. The SMILES string of the molecule is C=C(C(=O)OCCCBr)c1ccco1. The Kier molecular flexibility index (Phi) is 4.46. The van der Waals surface area contributed by atoms with Crippen molar-refractivity contribution in [1.29, 1.82) is 0 Å². The summed E-state index contributed by atoms with van der Waals surface area (Å²) in [6.45, 7) is 3.99. The van der Waals surface area contributed by atoms with E-state index in [-0.39, 0.29) is 5.57 Å². The number of carbonyl (C=O) groups is 1. The predicted molar refractivity (Wildman–Crippen MR) is 57.1 cm³/mol. The van der Waals surface area contributed by atoms with Crippen LogP contribution in [-0.2, 0) is 9.53 Å². The molecule has 1 heterocycles. The first-order valence-electron chi connectivity index (χ1n) is 4.21. The minimum atomic E-state index is -0.430. The minimum Gasteiger partial charge on any atom is -0.464 e. The maximum absolute atomic E-state index is 11.3. The van der Waals surface area contributed by atoms with Crippen molar-refractivity contribution in [2.24, 2.45) is 0 Å². The van der Waals surface area contributed by atoms with Crippen molar-refractivity contribution in [3.63, 3.8) is 0 Å². The molecule has 0 amide bonds. The molecule has 0 saturated heterocycles. The lowest BCUT2D eigenvalue weighted by Gasteiger charge is -2.03. The van der Waals surface area contributed by atoms with Gasteiger partial charge >= 0.3 is 5.97 Å². The maximum atomic E-state index is 11.3. The third-order valence-corrected chi connectivity index (χ3v) is 2.14. The van der Waals surface area contributed by atoms with E-state index in [4.69, 9.17) is 9.15 Å².